The van der Waals surface area contributed by atoms with Crippen LogP contribution in [0.25, 0.3) is 0 Å². The van der Waals surface area contributed by atoms with E-state index in [-0.39, 0.29) is 19.3 Å². The van der Waals surface area contributed by atoms with Gasteiger partial charge in [-0.25, -0.2) is 4.79 Å². The zero-order chi connectivity index (χ0) is 14.9. The number of hydrogen-bond donors (Lipinski definition) is 2. The zero-order valence-corrected chi connectivity index (χ0v) is 11.7. The van der Waals surface area contributed by atoms with Crippen LogP contribution >= 0.6 is 0 Å². The van der Waals surface area contributed by atoms with Gasteiger partial charge in [0.2, 0.25) is 0 Å². The van der Waals surface area contributed by atoms with Gasteiger partial charge in [-0.15, -0.1) is 0 Å². The molecule has 0 radical (unpaired) electrons. The lowest BCUT2D eigenvalue weighted by molar-refractivity contribution is 0.129. The Morgan fingerprint density at radius 3 is 2.14 bits per heavy atom. The fourth-order valence-corrected chi connectivity index (χ4v) is 1.99. The minimum atomic E-state index is -0.520. The Kier molecular flexibility index (Phi) is 5.79. The molecule has 0 spiro atoms. The smallest absolute Gasteiger partial charge is 0.407 e. The number of alkyl carbamates (subject to hydrolysis) is 1. The van der Waals surface area contributed by atoms with Crippen LogP contribution in [0, 0.1) is 0 Å². The number of rotatable bonds is 6. The van der Waals surface area contributed by atoms with Crippen molar-refractivity contribution in [2.45, 2.75) is 19.1 Å². The summed E-state index contributed by atoms with van der Waals surface area (Å²) in [6.45, 7) is 0.0888. The molecule has 0 saturated carbocycles. The van der Waals surface area contributed by atoms with Gasteiger partial charge in [0.25, 0.3) is 0 Å². The van der Waals surface area contributed by atoms with E-state index in [2.05, 4.69) is 5.32 Å². The fraction of sp³-hybridized carbons (Fsp3) is 0.235. The topological polar surface area (TPSA) is 58.6 Å². The molecule has 4 heteroatoms. The van der Waals surface area contributed by atoms with E-state index in [0.29, 0.717) is 6.42 Å². The molecule has 0 aromatic heterocycles. The molecule has 0 heterocycles. The monoisotopic (exact) mass is 285 g/mol. The summed E-state index contributed by atoms with van der Waals surface area (Å²) in [5, 5.41) is 12.0. The van der Waals surface area contributed by atoms with E-state index in [1.165, 1.54) is 0 Å². The normalized spacial score (nSPS) is 11.7. The third-order valence-corrected chi connectivity index (χ3v) is 3.08. The number of amides is 1. The average Bonchev–Trinajstić information content (AvgIpc) is 2.54. The van der Waals surface area contributed by atoms with Crippen LogP contribution in [0.4, 0.5) is 4.79 Å². The van der Waals surface area contributed by atoms with Gasteiger partial charge in [-0.05, 0) is 17.5 Å². The Balaban J connectivity index is 1.80. The predicted octanol–water partition coefficient (Wildman–Crippen LogP) is 2.52. The molecule has 4 nitrogen and oxygen atoms in total. The molecule has 1 unspecified atom stereocenters. The Labute approximate surface area is 124 Å². The first-order valence-electron chi connectivity index (χ1n) is 6.90. The number of ether oxygens (including phenoxy) is 1. The Morgan fingerprint density at radius 2 is 1.57 bits per heavy atom. The maximum atomic E-state index is 11.7. The van der Waals surface area contributed by atoms with E-state index in [0.717, 1.165) is 11.1 Å². The van der Waals surface area contributed by atoms with Gasteiger partial charge in [0, 0.05) is 0 Å². The molecule has 2 N–H and O–H groups in total. The molecule has 2 aromatic rings. The highest BCUT2D eigenvalue weighted by Crippen LogP contribution is 2.04. The first-order chi connectivity index (χ1) is 10.3. The number of hydrogen-bond acceptors (Lipinski definition) is 3. The van der Waals surface area contributed by atoms with E-state index in [1.807, 2.05) is 60.7 Å². The van der Waals surface area contributed by atoms with Gasteiger partial charge in [-0.1, -0.05) is 60.7 Å². The standard InChI is InChI=1S/C17H19NO3/c19-12-16(11-14-7-3-1-4-8-14)18-17(20)21-13-15-9-5-2-6-10-15/h1-10,16,19H,11-13H2,(H,18,20). The number of benzene rings is 2. The van der Waals surface area contributed by atoms with Crippen LogP contribution in [0.2, 0.25) is 0 Å². The van der Waals surface area contributed by atoms with Crippen molar-refractivity contribution >= 4 is 6.09 Å². The van der Waals surface area contributed by atoms with Crippen molar-refractivity contribution in [3.05, 3.63) is 71.8 Å². The van der Waals surface area contributed by atoms with Crippen LogP contribution < -0.4 is 5.32 Å². The summed E-state index contributed by atoms with van der Waals surface area (Å²) in [5.74, 6) is 0. The highest BCUT2D eigenvalue weighted by atomic mass is 16.5. The highest BCUT2D eigenvalue weighted by Gasteiger charge is 2.12. The van der Waals surface area contributed by atoms with Crippen molar-refractivity contribution in [2.75, 3.05) is 6.61 Å². The van der Waals surface area contributed by atoms with Gasteiger partial charge in [-0.2, -0.15) is 0 Å². The van der Waals surface area contributed by atoms with E-state index < -0.39 is 6.09 Å². The molecule has 1 amide bonds. The quantitative estimate of drug-likeness (QED) is 0.857. The van der Waals surface area contributed by atoms with Gasteiger partial charge in [0.1, 0.15) is 6.61 Å². The lowest BCUT2D eigenvalue weighted by Crippen LogP contribution is -2.39. The molecule has 0 aliphatic carbocycles. The molecule has 0 bridgehead atoms. The second-order valence-corrected chi connectivity index (χ2v) is 4.78. The minimum absolute atomic E-state index is 0.130. The molecule has 2 rings (SSSR count). The summed E-state index contributed by atoms with van der Waals surface area (Å²) >= 11 is 0. The van der Waals surface area contributed by atoms with Crippen LogP contribution in [-0.2, 0) is 17.8 Å². The van der Waals surface area contributed by atoms with Gasteiger partial charge >= 0.3 is 6.09 Å². The maximum absolute atomic E-state index is 11.7. The van der Waals surface area contributed by atoms with Gasteiger partial charge < -0.3 is 15.2 Å². The number of carbonyl (C=O) groups is 1. The molecule has 110 valence electrons. The lowest BCUT2D eigenvalue weighted by atomic mass is 10.1. The van der Waals surface area contributed by atoms with Gasteiger partial charge in [0.15, 0.2) is 0 Å². The second-order valence-electron chi connectivity index (χ2n) is 4.78. The molecule has 2 aromatic carbocycles. The van der Waals surface area contributed by atoms with Crippen LogP contribution in [0.3, 0.4) is 0 Å². The fourth-order valence-electron chi connectivity index (χ4n) is 1.99. The van der Waals surface area contributed by atoms with Crippen molar-refractivity contribution < 1.29 is 14.6 Å². The Hall–Kier alpha value is -2.33. The summed E-state index contributed by atoms with van der Waals surface area (Å²) in [6.07, 6.45) is 0.0476. The van der Waals surface area contributed by atoms with Gasteiger partial charge in [0.05, 0.1) is 12.6 Å². The molecular formula is C17H19NO3. The highest BCUT2D eigenvalue weighted by molar-refractivity contribution is 5.67. The third kappa shape index (κ3) is 5.28. The third-order valence-electron chi connectivity index (χ3n) is 3.08. The number of aliphatic hydroxyl groups is 1. The lowest BCUT2D eigenvalue weighted by Gasteiger charge is -2.16. The molecule has 1 atom stereocenters. The summed E-state index contributed by atoms with van der Waals surface area (Å²) in [4.78, 5) is 11.7. The SMILES string of the molecule is O=C(NC(CO)Cc1ccccc1)OCc1ccccc1. The predicted molar refractivity (Wildman–Crippen MR) is 80.8 cm³/mol. The van der Waals surface area contributed by atoms with E-state index in [9.17, 15) is 9.90 Å². The van der Waals surface area contributed by atoms with E-state index in [1.54, 1.807) is 0 Å². The van der Waals surface area contributed by atoms with Crippen LogP contribution in [0.1, 0.15) is 11.1 Å². The second kappa shape index (κ2) is 8.07. The van der Waals surface area contributed by atoms with Crippen molar-refractivity contribution in [1.29, 1.82) is 0 Å². The summed E-state index contributed by atoms with van der Waals surface area (Å²) in [7, 11) is 0. The van der Waals surface area contributed by atoms with E-state index in [4.69, 9.17) is 4.74 Å². The van der Waals surface area contributed by atoms with Gasteiger partial charge in [-0.3, -0.25) is 0 Å². The zero-order valence-electron chi connectivity index (χ0n) is 11.7. The molecule has 0 saturated heterocycles. The van der Waals surface area contributed by atoms with Crippen molar-refractivity contribution in [1.82, 2.24) is 5.32 Å². The van der Waals surface area contributed by atoms with Crippen LogP contribution in [-0.4, -0.2) is 23.8 Å². The maximum Gasteiger partial charge on any atom is 0.407 e. The molecule has 0 aliphatic rings. The molecule has 21 heavy (non-hydrogen) atoms. The molecular weight excluding hydrogens is 266 g/mol. The molecule has 0 aliphatic heterocycles. The minimum Gasteiger partial charge on any atom is -0.445 e. The van der Waals surface area contributed by atoms with Crippen molar-refractivity contribution in [2.24, 2.45) is 0 Å². The van der Waals surface area contributed by atoms with E-state index >= 15 is 0 Å². The first-order valence-corrected chi connectivity index (χ1v) is 6.90. The largest absolute Gasteiger partial charge is 0.445 e. The Bertz CT molecular complexity index is 542. The summed E-state index contributed by atoms with van der Waals surface area (Å²) in [6, 6.07) is 18.8. The van der Waals surface area contributed by atoms with Crippen LogP contribution in [0.5, 0.6) is 0 Å². The first kappa shape index (κ1) is 15.1. The number of nitrogens with one attached hydrogen (secondary N) is 1. The summed E-state index contributed by atoms with van der Waals surface area (Å²) < 4.78 is 5.14. The number of carbonyl (C=O) groups excluding carboxylic acids is 1. The van der Waals surface area contributed by atoms with Crippen LogP contribution in [0.15, 0.2) is 60.7 Å². The average molecular weight is 285 g/mol. The number of aliphatic hydroxyl groups excluding tert-OH is 1. The summed E-state index contributed by atoms with van der Waals surface area (Å²) in [5.41, 5.74) is 1.98. The van der Waals surface area contributed by atoms with Crippen molar-refractivity contribution in [3.63, 3.8) is 0 Å². The molecule has 0 fully saturated rings. The van der Waals surface area contributed by atoms with Crippen molar-refractivity contribution in [3.8, 4) is 0 Å². The Morgan fingerprint density at radius 1 is 1.00 bits per heavy atom.